The van der Waals surface area contributed by atoms with E-state index in [1.807, 2.05) is 44.2 Å². The summed E-state index contributed by atoms with van der Waals surface area (Å²) in [5.74, 6) is -0.912. The molecule has 6 heteroatoms. The number of ether oxygens (including phenoxy) is 6. The fraction of sp³-hybridized carbons (Fsp3) is 0.538. The Hall–Kier alpha value is -1.80. The highest BCUT2D eigenvalue weighted by Crippen LogP contribution is 2.54. The third-order valence-corrected chi connectivity index (χ3v) is 6.92. The van der Waals surface area contributed by atoms with E-state index in [9.17, 15) is 0 Å². The average Bonchev–Trinajstić information content (AvgIpc) is 3.39. The predicted molar refractivity (Wildman–Crippen MR) is 116 cm³/mol. The van der Waals surface area contributed by atoms with Gasteiger partial charge in [0.15, 0.2) is 12.1 Å². The largest absolute Gasteiger partial charge is 0.365 e. The third kappa shape index (κ3) is 3.79. The smallest absolute Gasteiger partial charge is 0.224 e. The van der Waals surface area contributed by atoms with Crippen LogP contribution in [0.4, 0.5) is 0 Å². The highest BCUT2D eigenvalue weighted by atomic mass is 16.9. The van der Waals surface area contributed by atoms with Crippen molar-refractivity contribution in [3.63, 3.8) is 0 Å². The highest BCUT2D eigenvalue weighted by Gasteiger charge is 2.64. The molecule has 3 aliphatic heterocycles. The maximum atomic E-state index is 6.53. The SMILES string of the molecule is CC1(C)OC[C@]2(OC[C@H]3O[C@H]([C@@H]4C[C@H]4c4ccccc4)O[C@H]3[C@@H]2OCc2ccccc2)O1. The van der Waals surface area contributed by atoms with Gasteiger partial charge in [-0.1, -0.05) is 60.7 Å². The summed E-state index contributed by atoms with van der Waals surface area (Å²) < 4.78 is 37.8. The third-order valence-electron chi connectivity index (χ3n) is 6.92. The molecule has 0 aromatic heterocycles. The van der Waals surface area contributed by atoms with Gasteiger partial charge in [-0.25, -0.2) is 0 Å². The predicted octanol–water partition coefficient (Wildman–Crippen LogP) is 4.00. The van der Waals surface area contributed by atoms with Gasteiger partial charge in [0, 0.05) is 5.92 Å². The van der Waals surface area contributed by atoms with E-state index in [4.69, 9.17) is 28.4 Å². The zero-order chi connectivity index (χ0) is 21.8. The molecular weight excluding hydrogens is 408 g/mol. The average molecular weight is 439 g/mol. The van der Waals surface area contributed by atoms with Crippen molar-refractivity contribution in [3.8, 4) is 0 Å². The van der Waals surface area contributed by atoms with Crippen LogP contribution in [0.25, 0.3) is 0 Å². The number of rotatable bonds is 5. The fourth-order valence-electron chi connectivity index (χ4n) is 5.22. The number of hydrogen-bond donors (Lipinski definition) is 0. The lowest BCUT2D eigenvalue weighted by atomic mass is 9.97. The van der Waals surface area contributed by atoms with Crippen LogP contribution in [-0.4, -0.2) is 49.4 Å². The number of fused-ring (bicyclic) bond motifs is 1. The molecule has 0 bridgehead atoms. The number of benzene rings is 2. The molecule has 2 aromatic rings. The topological polar surface area (TPSA) is 55.4 Å². The zero-order valence-electron chi connectivity index (χ0n) is 18.5. The van der Waals surface area contributed by atoms with Gasteiger partial charge < -0.3 is 28.4 Å². The van der Waals surface area contributed by atoms with Crippen LogP contribution in [0.1, 0.15) is 37.3 Å². The van der Waals surface area contributed by atoms with Crippen LogP contribution in [0, 0.1) is 5.92 Å². The molecule has 0 unspecified atom stereocenters. The molecule has 170 valence electrons. The van der Waals surface area contributed by atoms with Crippen LogP contribution in [0.15, 0.2) is 60.7 Å². The zero-order valence-corrected chi connectivity index (χ0v) is 18.5. The molecule has 6 rings (SSSR count). The molecule has 1 spiro atoms. The lowest BCUT2D eigenvalue weighted by Crippen LogP contribution is -2.62. The maximum Gasteiger partial charge on any atom is 0.224 e. The van der Waals surface area contributed by atoms with Crippen LogP contribution in [-0.2, 0) is 35.0 Å². The minimum atomic E-state index is -1.000. The van der Waals surface area contributed by atoms with Crippen molar-refractivity contribution < 1.29 is 28.4 Å². The van der Waals surface area contributed by atoms with Crippen LogP contribution >= 0.6 is 0 Å². The van der Waals surface area contributed by atoms with Gasteiger partial charge in [0.25, 0.3) is 0 Å². The molecule has 0 N–H and O–H groups in total. The van der Waals surface area contributed by atoms with Crippen molar-refractivity contribution in [2.75, 3.05) is 13.2 Å². The molecule has 2 aromatic carbocycles. The van der Waals surface area contributed by atoms with Crippen molar-refractivity contribution in [1.29, 1.82) is 0 Å². The second-order valence-electron chi connectivity index (χ2n) is 9.69. The summed E-state index contributed by atoms with van der Waals surface area (Å²) >= 11 is 0. The second kappa shape index (κ2) is 7.90. The second-order valence-corrected chi connectivity index (χ2v) is 9.69. The lowest BCUT2D eigenvalue weighted by Gasteiger charge is -2.43. The first-order chi connectivity index (χ1) is 15.5. The van der Waals surface area contributed by atoms with E-state index in [1.54, 1.807) is 0 Å². The van der Waals surface area contributed by atoms with Crippen molar-refractivity contribution in [2.24, 2.45) is 5.92 Å². The molecule has 3 saturated heterocycles. The molecular formula is C26H30O6. The molecule has 4 aliphatic rings. The Morgan fingerprint density at radius 1 is 0.938 bits per heavy atom. The Labute approximate surface area is 188 Å². The Bertz CT molecular complexity index is 934. The van der Waals surface area contributed by atoms with Crippen LogP contribution < -0.4 is 0 Å². The fourth-order valence-corrected chi connectivity index (χ4v) is 5.22. The molecule has 4 fully saturated rings. The minimum absolute atomic E-state index is 0.185. The van der Waals surface area contributed by atoms with Gasteiger partial charge in [0.2, 0.25) is 5.79 Å². The summed E-state index contributed by atoms with van der Waals surface area (Å²) in [6.45, 7) is 4.93. The van der Waals surface area contributed by atoms with Gasteiger partial charge in [0.1, 0.15) is 24.9 Å². The first kappa shape index (κ1) is 20.8. The summed E-state index contributed by atoms with van der Waals surface area (Å²) in [4.78, 5) is 0. The number of hydrogen-bond acceptors (Lipinski definition) is 6. The first-order valence-corrected chi connectivity index (χ1v) is 11.5. The van der Waals surface area contributed by atoms with E-state index >= 15 is 0 Å². The lowest BCUT2D eigenvalue weighted by molar-refractivity contribution is -0.336. The Morgan fingerprint density at radius 3 is 2.41 bits per heavy atom. The quantitative estimate of drug-likeness (QED) is 0.704. The summed E-state index contributed by atoms with van der Waals surface area (Å²) in [5, 5.41) is 0. The summed E-state index contributed by atoms with van der Waals surface area (Å²) in [7, 11) is 0. The molecule has 1 saturated carbocycles. The highest BCUT2D eigenvalue weighted by molar-refractivity contribution is 5.26. The Balaban J connectivity index is 1.21. The molecule has 6 nitrogen and oxygen atoms in total. The molecule has 3 heterocycles. The van der Waals surface area contributed by atoms with Gasteiger partial charge in [-0.15, -0.1) is 0 Å². The van der Waals surface area contributed by atoms with E-state index in [1.165, 1.54) is 5.56 Å². The maximum absolute atomic E-state index is 6.53. The van der Waals surface area contributed by atoms with Gasteiger partial charge in [-0.05, 0) is 37.3 Å². The summed E-state index contributed by atoms with van der Waals surface area (Å²) in [6, 6.07) is 20.7. The molecule has 7 atom stereocenters. The van der Waals surface area contributed by atoms with Crippen LogP contribution in [0.2, 0.25) is 0 Å². The molecule has 1 aliphatic carbocycles. The molecule has 0 radical (unpaired) electrons. The van der Waals surface area contributed by atoms with Gasteiger partial charge in [-0.2, -0.15) is 0 Å². The van der Waals surface area contributed by atoms with E-state index in [2.05, 4.69) is 30.3 Å². The monoisotopic (exact) mass is 438 g/mol. The van der Waals surface area contributed by atoms with Crippen LogP contribution in [0.3, 0.4) is 0 Å². The van der Waals surface area contributed by atoms with Gasteiger partial charge in [-0.3, -0.25) is 0 Å². The van der Waals surface area contributed by atoms with E-state index in [-0.39, 0.29) is 18.5 Å². The van der Waals surface area contributed by atoms with E-state index < -0.39 is 17.7 Å². The van der Waals surface area contributed by atoms with Crippen molar-refractivity contribution in [2.45, 2.75) is 69.0 Å². The van der Waals surface area contributed by atoms with Gasteiger partial charge in [0.05, 0.1) is 13.2 Å². The Kier molecular flexibility index (Phi) is 5.13. The molecule has 32 heavy (non-hydrogen) atoms. The normalized spacial score (nSPS) is 39.8. The summed E-state index contributed by atoms with van der Waals surface area (Å²) in [5.41, 5.74) is 2.43. The Morgan fingerprint density at radius 2 is 1.69 bits per heavy atom. The van der Waals surface area contributed by atoms with E-state index in [0.717, 1.165) is 12.0 Å². The van der Waals surface area contributed by atoms with Gasteiger partial charge >= 0.3 is 0 Å². The van der Waals surface area contributed by atoms with Crippen molar-refractivity contribution in [3.05, 3.63) is 71.8 Å². The first-order valence-electron chi connectivity index (χ1n) is 11.5. The molecule has 0 amide bonds. The standard InChI is InChI=1S/C26H30O6/c1-25(2)29-16-26(32-25)23(27-14-17-9-5-3-6-10-17)22-21(15-28-26)30-24(31-22)20-13-19(20)18-11-7-4-8-12-18/h3-12,19-24H,13-16H2,1-2H3/t19-,20+,21+,22+,23-,24-,26-/m0/s1. The van der Waals surface area contributed by atoms with Crippen molar-refractivity contribution >= 4 is 0 Å². The minimum Gasteiger partial charge on any atom is -0.365 e. The van der Waals surface area contributed by atoms with E-state index in [0.29, 0.717) is 31.7 Å². The van der Waals surface area contributed by atoms with Crippen LogP contribution in [0.5, 0.6) is 0 Å². The summed E-state index contributed by atoms with van der Waals surface area (Å²) in [6.07, 6.45) is -0.0977. The van der Waals surface area contributed by atoms with Crippen molar-refractivity contribution in [1.82, 2.24) is 0 Å².